The first-order valence-corrected chi connectivity index (χ1v) is 6.78. The second-order valence-electron chi connectivity index (χ2n) is 4.39. The maximum Gasteiger partial charge on any atom is 0.257 e. The van der Waals surface area contributed by atoms with Crippen LogP contribution in [-0.2, 0) is 0 Å². The number of hydrogen-bond acceptors (Lipinski definition) is 4. The van der Waals surface area contributed by atoms with Gasteiger partial charge < -0.3 is 10.0 Å². The average molecular weight is 324 g/mol. The molecule has 1 amide bonds. The smallest absolute Gasteiger partial charge is 0.257 e. The average Bonchev–Trinajstić information content (AvgIpc) is 2.39. The number of aromatic hydroxyl groups is 1. The number of piperazine rings is 1. The van der Waals surface area contributed by atoms with Crippen LogP contribution in [0, 0.1) is 11.3 Å². The van der Waals surface area contributed by atoms with E-state index in [0.717, 1.165) is 4.47 Å². The Hall–Kier alpha value is -1.58. The van der Waals surface area contributed by atoms with Crippen LogP contribution in [0.4, 0.5) is 0 Å². The molecule has 1 aromatic carbocycles. The zero-order valence-corrected chi connectivity index (χ0v) is 11.9. The molecule has 1 aliphatic rings. The molecule has 6 heteroatoms. The van der Waals surface area contributed by atoms with E-state index in [-0.39, 0.29) is 11.7 Å². The fourth-order valence-corrected chi connectivity index (χ4v) is 2.41. The first kappa shape index (κ1) is 13.8. The lowest BCUT2D eigenvalue weighted by molar-refractivity contribution is 0.0649. The lowest BCUT2D eigenvalue weighted by atomic mass is 10.1. The predicted octanol–water partition coefficient (Wildman–Crippen LogP) is 1.44. The highest BCUT2D eigenvalue weighted by Gasteiger charge is 2.23. The van der Waals surface area contributed by atoms with Gasteiger partial charge in [0.2, 0.25) is 0 Å². The van der Waals surface area contributed by atoms with E-state index in [1.54, 1.807) is 17.0 Å². The van der Waals surface area contributed by atoms with E-state index in [2.05, 4.69) is 22.0 Å². The third kappa shape index (κ3) is 3.25. The van der Waals surface area contributed by atoms with Gasteiger partial charge in [-0.3, -0.25) is 9.69 Å². The van der Waals surface area contributed by atoms with Crippen molar-refractivity contribution in [3.63, 3.8) is 0 Å². The number of benzene rings is 1. The summed E-state index contributed by atoms with van der Waals surface area (Å²) in [5, 5.41) is 18.4. The fraction of sp³-hybridized carbons (Fsp3) is 0.385. The van der Waals surface area contributed by atoms with Crippen molar-refractivity contribution in [1.82, 2.24) is 9.80 Å². The molecule has 0 aliphatic carbocycles. The van der Waals surface area contributed by atoms with Gasteiger partial charge in [0.1, 0.15) is 5.75 Å². The van der Waals surface area contributed by atoms with Crippen molar-refractivity contribution in [3.8, 4) is 11.8 Å². The molecule has 1 aromatic rings. The van der Waals surface area contributed by atoms with Crippen molar-refractivity contribution in [3.05, 3.63) is 28.2 Å². The fourth-order valence-electron chi connectivity index (χ4n) is 2.07. The summed E-state index contributed by atoms with van der Waals surface area (Å²) in [5.74, 6) is -0.180. The van der Waals surface area contributed by atoms with Crippen LogP contribution in [0.2, 0.25) is 0 Å². The molecule has 0 atom stereocenters. The van der Waals surface area contributed by atoms with E-state index < -0.39 is 0 Å². The van der Waals surface area contributed by atoms with Crippen LogP contribution in [0.5, 0.6) is 5.75 Å². The van der Waals surface area contributed by atoms with Crippen molar-refractivity contribution in [2.24, 2.45) is 0 Å². The van der Waals surface area contributed by atoms with Crippen LogP contribution in [0.25, 0.3) is 0 Å². The lowest BCUT2D eigenvalue weighted by Gasteiger charge is -2.33. The summed E-state index contributed by atoms with van der Waals surface area (Å²) in [6.45, 7) is 2.94. The SMILES string of the molecule is N#CCN1CCN(C(=O)c2ccc(Br)cc2O)CC1. The Balaban J connectivity index is 2.03. The van der Waals surface area contributed by atoms with Crippen molar-refractivity contribution in [2.45, 2.75) is 0 Å². The second-order valence-corrected chi connectivity index (χ2v) is 5.30. The highest BCUT2D eigenvalue weighted by atomic mass is 79.9. The molecule has 5 nitrogen and oxygen atoms in total. The first-order chi connectivity index (χ1) is 9.11. The monoisotopic (exact) mass is 323 g/mol. The van der Waals surface area contributed by atoms with Crippen LogP contribution in [0.3, 0.4) is 0 Å². The third-order valence-electron chi connectivity index (χ3n) is 3.14. The number of nitrogens with zero attached hydrogens (tertiary/aromatic N) is 3. The largest absolute Gasteiger partial charge is 0.507 e. The number of hydrogen-bond donors (Lipinski definition) is 1. The predicted molar refractivity (Wildman–Crippen MR) is 73.8 cm³/mol. The van der Waals surface area contributed by atoms with Crippen molar-refractivity contribution in [2.75, 3.05) is 32.7 Å². The van der Waals surface area contributed by atoms with Crippen LogP contribution in [0.15, 0.2) is 22.7 Å². The Kier molecular flexibility index (Phi) is 4.40. The summed E-state index contributed by atoms with van der Waals surface area (Å²) in [6.07, 6.45) is 0. The number of carbonyl (C=O) groups is 1. The molecular weight excluding hydrogens is 310 g/mol. The summed E-state index contributed by atoms with van der Waals surface area (Å²) in [6, 6.07) is 6.97. The van der Waals surface area contributed by atoms with Gasteiger partial charge in [-0.25, -0.2) is 0 Å². The number of amides is 1. The van der Waals surface area contributed by atoms with Crippen molar-refractivity contribution < 1.29 is 9.90 Å². The maximum absolute atomic E-state index is 12.3. The van der Waals surface area contributed by atoms with E-state index in [1.807, 2.05) is 4.90 Å². The lowest BCUT2D eigenvalue weighted by Crippen LogP contribution is -2.48. The van der Waals surface area contributed by atoms with Gasteiger partial charge in [-0.15, -0.1) is 0 Å². The van der Waals surface area contributed by atoms with Crippen LogP contribution < -0.4 is 0 Å². The number of carbonyl (C=O) groups excluding carboxylic acids is 1. The number of nitriles is 1. The normalized spacial score (nSPS) is 16.1. The summed E-state index contributed by atoms with van der Waals surface area (Å²) < 4.78 is 0.736. The third-order valence-corrected chi connectivity index (χ3v) is 3.64. The van der Waals surface area contributed by atoms with Gasteiger partial charge in [0.25, 0.3) is 5.91 Å². The number of rotatable bonds is 2. The van der Waals surface area contributed by atoms with Gasteiger partial charge in [0.15, 0.2) is 0 Å². The van der Waals surface area contributed by atoms with E-state index >= 15 is 0 Å². The van der Waals surface area contributed by atoms with E-state index in [9.17, 15) is 9.90 Å². The number of phenols is 1. The standard InChI is InChI=1S/C13H14BrN3O2/c14-10-1-2-11(12(18)9-10)13(19)17-7-5-16(4-3-15)6-8-17/h1-2,9,18H,4-8H2. The van der Waals surface area contributed by atoms with Crippen LogP contribution in [-0.4, -0.2) is 53.5 Å². The molecule has 2 rings (SSSR count). The van der Waals surface area contributed by atoms with Crippen LogP contribution >= 0.6 is 15.9 Å². The molecular formula is C13H14BrN3O2. The Morgan fingerprint density at radius 3 is 2.63 bits per heavy atom. The summed E-state index contributed by atoms with van der Waals surface area (Å²) in [7, 11) is 0. The van der Waals surface area contributed by atoms with E-state index in [4.69, 9.17) is 5.26 Å². The van der Waals surface area contributed by atoms with Gasteiger partial charge >= 0.3 is 0 Å². The summed E-state index contributed by atoms with van der Waals surface area (Å²) in [5.41, 5.74) is 0.317. The van der Waals surface area contributed by atoms with Gasteiger partial charge in [0, 0.05) is 30.7 Å². The molecule has 1 aliphatic heterocycles. The molecule has 1 heterocycles. The number of halogens is 1. The van der Waals surface area contributed by atoms with Crippen LogP contribution in [0.1, 0.15) is 10.4 Å². The molecule has 19 heavy (non-hydrogen) atoms. The topological polar surface area (TPSA) is 67.6 Å². The number of phenolic OH excluding ortho intramolecular Hbond substituents is 1. The second kappa shape index (κ2) is 6.04. The molecule has 1 saturated heterocycles. The Labute approximate surface area is 120 Å². The van der Waals surface area contributed by atoms with E-state index in [0.29, 0.717) is 38.3 Å². The van der Waals surface area contributed by atoms with Crippen molar-refractivity contribution >= 4 is 21.8 Å². The minimum absolute atomic E-state index is 0.0150. The van der Waals surface area contributed by atoms with Gasteiger partial charge in [-0.1, -0.05) is 15.9 Å². The first-order valence-electron chi connectivity index (χ1n) is 5.99. The molecule has 0 radical (unpaired) electrons. The maximum atomic E-state index is 12.3. The highest BCUT2D eigenvalue weighted by molar-refractivity contribution is 9.10. The minimum Gasteiger partial charge on any atom is -0.507 e. The summed E-state index contributed by atoms with van der Waals surface area (Å²) >= 11 is 3.24. The zero-order chi connectivity index (χ0) is 13.8. The molecule has 1 fully saturated rings. The van der Waals surface area contributed by atoms with Crippen molar-refractivity contribution in [1.29, 1.82) is 5.26 Å². The van der Waals surface area contributed by atoms with Gasteiger partial charge in [-0.2, -0.15) is 5.26 Å². The molecule has 0 bridgehead atoms. The Bertz CT molecular complexity index is 519. The molecule has 0 saturated carbocycles. The molecule has 0 aromatic heterocycles. The Morgan fingerprint density at radius 1 is 1.37 bits per heavy atom. The highest BCUT2D eigenvalue weighted by Crippen LogP contribution is 2.23. The Morgan fingerprint density at radius 2 is 2.05 bits per heavy atom. The van der Waals surface area contributed by atoms with E-state index in [1.165, 1.54) is 6.07 Å². The minimum atomic E-state index is -0.165. The quantitative estimate of drug-likeness (QED) is 0.836. The van der Waals surface area contributed by atoms with Gasteiger partial charge in [0.05, 0.1) is 18.2 Å². The zero-order valence-electron chi connectivity index (χ0n) is 10.3. The van der Waals surface area contributed by atoms with Gasteiger partial charge in [-0.05, 0) is 18.2 Å². The summed E-state index contributed by atoms with van der Waals surface area (Å²) in [4.78, 5) is 16.0. The molecule has 100 valence electrons. The molecule has 1 N–H and O–H groups in total. The molecule has 0 spiro atoms. The molecule has 0 unspecified atom stereocenters.